The van der Waals surface area contributed by atoms with Gasteiger partial charge in [0.2, 0.25) is 0 Å². The minimum Gasteiger partial charge on any atom is -0.294 e. The van der Waals surface area contributed by atoms with Gasteiger partial charge in [0, 0.05) is 24.9 Å². The van der Waals surface area contributed by atoms with Gasteiger partial charge in [0.25, 0.3) is 0 Å². The van der Waals surface area contributed by atoms with Gasteiger partial charge in [-0.15, -0.1) is 0 Å². The fourth-order valence-electron chi connectivity index (χ4n) is 1.87. The Labute approximate surface area is 107 Å². The van der Waals surface area contributed by atoms with E-state index in [-0.39, 0.29) is 5.78 Å². The lowest BCUT2D eigenvalue weighted by Crippen LogP contribution is -2.08. The van der Waals surface area contributed by atoms with E-state index in [1.807, 2.05) is 35.0 Å². The van der Waals surface area contributed by atoms with Gasteiger partial charge in [0.1, 0.15) is 12.2 Å². The summed E-state index contributed by atoms with van der Waals surface area (Å²) in [5, 5.41) is 4.15. The summed E-state index contributed by atoms with van der Waals surface area (Å²) >= 11 is 0. The first-order valence-corrected chi connectivity index (χ1v) is 6.26. The number of rotatable bonds is 6. The number of carbonyl (C=O) groups is 1. The van der Waals surface area contributed by atoms with Crippen LogP contribution < -0.4 is 0 Å². The van der Waals surface area contributed by atoms with Crippen molar-refractivity contribution in [3.05, 3.63) is 48.0 Å². The maximum absolute atomic E-state index is 12.0. The van der Waals surface area contributed by atoms with Crippen molar-refractivity contribution in [2.24, 2.45) is 0 Å². The van der Waals surface area contributed by atoms with Crippen LogP contribution in [0.1, 0.15) is 35.9 Å². The molecule has 0 bridgehead atoms. The molecule has 0 saturated carbocycles. The monoisotopic (exact) mass is 243 g/mol. The standard InChI is InChI=1S/C14H17N3O/c1-2-10-17-14(15-11-16-17)9-8-13(18)12-6-4-3-5-7-12/h3-7,11H,2,8-10H2,1H3. The molecule has 0 saturated heterocycles. The molecular formula is C14H17N3O. The average molecular weight is 243 g/mol. The zero-order valence-electron chi connectivity index (χ0n) is 10.5. The second kappa shape index (κ2) is 6.10. The van der Waals surface area contributed by atoms with Crippen molar-refractivity contribution < 1.29 is 4.79 Å². The molecule has 1 aromatic carbocycles. The molecule has 0 aliphatic rings. The van der Waals surface area contributed by atoms with E-state index < -0.39 is 0 Å². The quantitative estimate of drug-likeness (QED) is 0.732. The Balaban J connectivity index is 1.95. The van der Waals surface area contributed by atoms with E-state index in [0.717, 1.165) is 24.4 Å². The van der Waals surface area contributed by atoms with Gasteiger partial charge in [-0.05, 0) is 6.42 Å². The molecule has 0 amide bonds. The zero-order valence-corrected chi connectivity index (χ0v) is 10.5. The van der Waals surface area contributed by atoms with Crippen LogP contribution in [0.25, 0.3) is 0 Å². The van der Waals surface area contributed by atoms with Crippen LogP contribution in [0.4, 0.5) is 0 Å². The van der Waals surface area contributed by atoms with Gasteiger partial charge in [-0.25, -0.2) is 4.98 Å². The third kappa shape index (κ3) is 3.03. The number of hydrogen-bond acceptors (Lipinski definition) is 3. The van der Waals surface area contributed by atoms with E-state index >= 15 is 0 Å². The normalized spacial score (nSPS) is 10.5. The van der Waals surface area contributed by atoms with Crippen LogP contribution in [0.5, 0.6) is 0 Å². The highest BCUT2D eigenvalue weighted by molar-refractivity contribution is 5.96. The van der Waals surface area contributed by atoms with Crippen molar-refractivity contribution in [3.63, 3.8) is 0 Å². The number of aryl methyl sites for hydroxylation is 2. The molecule has 0 atom stereocenters. The molecule has 1 aromatic heterocycles. The first-order chi connectivity index (χ1) is 8.81. The minimum absolute atomic E-state index is 0.154. The van der Waals surface area contributed by atoms with Crippen molar-refractivity contribution in [1.82, 2.24) is 14.8 Å². The molecule has 4 nitrogen and oxygen atoms in total. The minimum atomic E-state index is 0.154. The van der Waals surface area contributed by atoms with Gasteiger partial charge in [-0.1, -0.05) is 37.3 Å². The van der Waals surface area contributed by atoms with Gasteiger partial charge >= 0.3 is 0 Å². The molecule has 1 heterocycles. The van der Waals surface area contributed by atoms with Crippen LogP contribution in [-0.4, -0.2) is 20.5 Å². The summed E-state index contributed by atoms with van der Waals surface area (Å²) in [7, 11) is 0. The lowest BCUT2D eigenvalue weighted by molar-refractivity contribution is 0.0982. The third-order valence-electron chi connectivity index (χ3n) is 2.80. The summed E-state index contributed by atoms with van der Waals surface area (Å²) in [6.07, 6.45) is 3.70. The summed E-state index contributed by atoms with van der Waals surface area (Å²) in [6, 6.07) is 9.37. The predicted octanol–water partition coefficient (Wildman–Crippen LogP) is 2.50. The SMILES string of the molecule is CCCn1ncnc1CCC(=O)c1ccccc1. The number of benzene rings is 1. The van der Waals surface area contributed by atoms with Crippen LogP contribution in [0.3, 0.4) is 0 Å². The molecule has 18 heavy (non-hydrogen) atoms. The van der Waals surface area contributed by atoms with E-state index in [9.17, 15) is 4.79 Å². The fourth-order valence-corrected chi connectivity index (χ4v) is 1.87. The molecule has 0 N–H and O–H groups in total. The number of Topliss-reactive ketones (excluding diaryl/α,β-unsaturated/α-hetero) is 1. The number of aromatic nitrogens is 3. The second-order valence-corrected chi connectivity index (χ2v) is 4.19. The largest absolute Gasteiger partial charge is 0.294 e. The van der Waals surface area contributed by atoms with E-state index in [1.54, 1.807) is 6.33 Å². The van der Waals surface area contributed by atoms with E-state index in [1.165, 1.54) is 0 Å². The Morgan fingerprint density at radius 1 is 1.28 bits per heavy atom. The second-order valence-electron chi connectivity index (χ2n) is 4.19. The summed E-state index contributed by atoms with van der Waals surface area (Å²) in [5.74, 6) is 1.04. The highest BCUT2D eigenvalue weighted by Crippen LogP contribution is 2.07. The maximum atomic E-state index is 12.0. The molecule has 0 aliphatic heterocycles. The van der Waals surface area contributed by atoms with Crippen LogP contribution in [-0.2, 0) is 13.0 Å². The molecule has 94 valence electrons. The molecular weight excluding hydrogens is 226 g/mol. The van der Waals surface area contributed by atoms with Crippen molar-refractivity contribution in [1.29, 1.82) is 0 Å². The first kappa shape index (κ1) is 12.5. The van der Waals surface area contributed by atoms with Crippen molar-refractivity contribution in [3.8, 4) is 0 Å². The molecule has 0 spiro atoms. The van der Waals surface area contributed by atoms with E-state index in [2.05, 4.69) is 17.0 Å². The maximum Gasteiger partial charge on any atom is 0.163 e. The number of ketones is 1. The molecule has 0 radical (unpaired) electrons. The van der Waals surface area contributed by atoms with Crippen LogP contribution in [0, 0.1) is 0 Å². The summed E-state index contributed by atoms with van der Waals surface area (Å²) in [5.41, 5.74) is 0.763. The Morgan fingerprint density at radius 3 is 2.78 bits per heavy atom. The average Bonchev–Trinajstić information content (AvgIpc) is 2.85. The van der Waals surface area contributed by atoms with Crippen LogP contribution >= 0.6 is 0 Å². The molecule has 4 heteroatoms. The summed E-state index contributed by atoms with van der Waals surface area (Å²) < 4.78 is 1.87. The van der Waals surface area contributed by atoms with E-state index in [0.29, 0.717) is 12.8 Å². The van der Waals surface area contributed by atoms with Crippen molar-refractivity contribution in [2.45, 2.75) is 32.7 Å². The lowest BCUT2D eigenvalue weighted by Gasteiger charge is -2.04. The van der Waals surface area contributed by atoms with Gasteiger partial charge in [0.05, 0.1) is 0 Å². The zero-order chi connectivity index (χ0) is 12.8. The lowest BCUT2D eigenvalue weighted by atomic mass is 10.1. The van der Waals surface area contributed by atoms with Gasteiger partial charge in [-0.2, -0.15) is 5.10 Å². The van der Waals surface area contributed by atoms with Gasteiger partial charge in [0.15, 0.2) is 5.78 Å². The fraction of sp³-hybridized carbons (Fsp3) is 0.357. The van der Waals surface area contributed by atoms with Gasteiger partial charge in [-0.3, -0.25) is 9.48 Å². The topological polar surface area (TPSA) is 47.8 Å². The van der Waals surface area contributed by atoms with E-state index in [4.69, 9.17) is 0 Å². The molecule has 2 aromatic rings. The molecule has 0 aliphatic carbocycles. The van der Waals surface area contributed by atoms with Crippen molar-refractivity contribution >= 4 is 5.78 Å². The third-order valence-corrected chi connectivity index (χ3v) is 2.80. The number of hydrogen-bond donors (Lipinski definition) is 0. The van der Waals surface area contributed by atoms with Crippen LogP contribution in [0.2, 0.25) is 0 Å². The number of nitrogens with zero attached hydrogens (tertiary/aromatic N) is 3. The summed E-state index contributed by atoms with van der Waals surface area (Å²) in [4.78, 5) is 16.2. The Kier molecular flexibility index (Phi) is 4.23. The number of carbonyl (C=O) groups excluding carboxylic acids is 1. The van der Waals surface area contributed by atoms with Crippen LogP contribution in [0.15, 0.2) is 36.7 Å². The highest BCUT2D eigenvalue weighted by Gasteiger charge is 2.09. The van der Waals surface area contributed by atoms with Crippen molar-refractivity contribution in [2.75, 3.05) is 0 Å². The Hall–Kier alpha value is -1.97. The summed E-state index contributed by atoms with van der Waals surface area (Å²) in [6.45, 7) is 2.95. The molecule has 0 unspecified atom stereocenters. The predicted molar refractivity (Wildman–Crippen MR) is 69.4 cm³/mol. The smallest absolute Gasteiger partial charge is 0.163 e. The molecule has 0 fully saturated rings. The molecule has 2 rings (SSSR count). The Bertz CT molecular complexity index is 505. The first-order valence-electron chi connectivity index (χ1n) is 6.26. The Morgan fingerprint density at radius 2 is 2.06 bits per heavy atom. The van der Waals surface area contributed by atoms with Gasteiger partial charge < -0.3 is 0 Å². The highest BCUT2D eigenvalue weighted by atomic mass is 16.1.